The van der Waals surface area contributed by atoms with Crippen molar-refractivity contribution in [3.05, 3.63) is 12.3 Å². The Morgan fingerprint density at radius 3 is 2.53 bits per heavy atom. The summed E-state index contributed by atoms with van der Waals surface area (Å²) in [4.78, 5) is 33.3. The molecule has 0 saturated heterocycles. The van der Waals surface area contributed by atoms with Gasteiger partial charge in [0.2, 0.25) is 0 Å². The number of rotatable bonds is 8. The van der Waals surface area contributed by atoms with Crippen LogP contribution in [0.2, 0.25) is 0 Å². The second kappa shape index (κ2) is 11.1. The summed E-state index contributed by atoms with van der Waals surface area (Å²) in [5, 5.41) is 4.53. The lowest BCUT2D eigenvalue weighted by Crippen LogP contribution is -2.39. The number of imide groups is 1. The lowest BCUT2D eigenvalue weighted by molar-refractivity contribution is -0.143. The van der Waals surface area contributed by atoms with Crippen LogP contribution >= 0.6 is 0 Å². The number of ether oxygens (including phenoxy) is 2. The highest BCUT2D eigenvalue weighted by atomic mass is 16.5. The van der Waals surface area contributed by atoms with E-state index in [4.69, 9.17) is 9.47 Å². The molecule has 3 amide bonds. The van der Waals surface area contributed by atoms with Gasteiger partial charge in [-0.25, -0.2) is 4.79 Å². The summed E-state index contributed by atoms with van der Waals surface area (Å²) < 4.78 is 9.53. The standard InChI is InChI=1S/C12H20N2O5/c1-3-18-9-7-10(15)14-12(17)13-8-5-6-11(16)19-4-2/h7,9H,3-6,8H2,1-2H3,(H2,13,14,15,17)/b9-7+. The van der Waals surface area contributed by atoms with Crippen molar-refractivity contribution in [1.29, 1.82) is 0 Å². The Morgan fingerprint density at radius 1 is 1.16 bits per heavy atom. The van der Waals surface area contributed by atoms with Crippen molar-refractivity contribution in [3.8, 4) is 0 Å². The summed E-state index contributed by atoms with van der Waals surface area (Å²) >= 11 is 0. The van der Waals surface area contributed by atoms with Gasteiger partial charge in [0.15, 0.2) is 0 Å². The van der Waals surface area contributed by atoms with E-state index in [0.29, 0.717) is 19.6 Å². The SMILES string of the molecule is CCO/C=C/C(=O)NC(=O)NCCCC(=O)OCC. The van der Waals surface area contributed by atoms with E-state index in [1.165, 1.54) is 6.26 Å². The van der Waals surface area contributed by atoms with Gasteiger partial charge in [0.05, 0.1) is 19.5 Å². The quantitative estimate of drug-likeness (QED) is 0.294. The van der Waals surface area contributed by atoms with Crippen molar-refractivity contribution >= 4 is 17.9 Å². The second-order valence-electron chi connectivity index (χ2n) is 3.41. The van der Waals surface area contributed by atoms with Crippen LogP contribution in [0.1, 0.15) is 26.7 Å². The fraction of sp³-hybridized carbons (Fsp3) is 0.583. The molecule has 0 aliphatic heterocycles. The van der Waals surface area contributed by atoms with Gasteiger partial charge in [-0.3, -0.25) is 14.9 Å². The Bertz CT molecular complexity index is 328. The molecular weight excluding hydrogens is 252 g/mol. The number of nitrogens with one attached hydrogen (secondary N) is 2. The molecule has 0 aliphatic carbocycles. The molecule has 0 atom stereocenters. The Balaban J connectivity index is 3.64. The molecule has 0 saturated carbocycles. The second-order valence-corrected chi connectivity index (χ2v) is 3.41. The van der Waals surface area contributed by atoms with Crippen LogP contribution in [0.4, 0.5) is 4.79 Å². The maximum atomic E-state index is 11.2. The number of hydrogen-bond donors (Lipinski definition) is 2. The smallest absolute Gasteiger partial charge is 0.321 e. The molecule has 7 nitrogen and oxygen atoms in total. The van der Waals surface area contributed by atoms with E-state index in [9.17, 15) is 14.4 Å². The molecule has 0 aliphatic rings. The molecule has 7 heteroatoms. The van der Waals surface area contributed by atoms with E-state index in [1.807, 2.05) is 0 Å². The van der Waals surface area contributed by atoms with Crippen molar-refractivity contribution < 1.29 is 23.9 Å². The number of urea groups is 1. The van der Waals surface area contributed by atoms with E-state index in [2.05, 4.69) is 10.6 Å². The van der Waals surface area contributed by atoms with E-state index in [0.717, 1.165) is 6.08 Å². The average Bonchev–Trinajstić information content (AvgIpc) is 2.35. The summed E-state index contributed by atoms with van der Waals surface area (Å²) in [6.45, 7) is 4.58. The molecular formula is C12H20N2O5. The Hall–Kier alpha value is -2.05. The van der Waals surface area contributed by atoms with Gasteiger partial charge in [0.1, 0.15) is 0 Å². The van der Waals surface area contributed by atoms with Gasteiger partial charge >= 0.3 is 12.0 Å². The van der Waals surface area contributed by atoms with Gasteiger partial charge in [-0.15, -0.1) is 0 Å². The molecule has 0 heterocycles. The van der Waals surface area contributed by atoms with E-state index >= 15 is 0 Å². The number of amides is 3. The summed E-state index contributed by atoms with van der Waals surface area (Å²) in [5.74, 6) is -0.878. The fourth-order valence-corrected chi connectivity index (χ4v) is 1.07. The zero-order valence-electron chi connectivity index (χ0n) is 11.2. The van der Waals surface area contributed by atoms with E-state index in [1.54, 1.807) is 13.8 Å². The van der Waals surface area contributed by atoms with Crippen molar-refractivity contribution in [2.45, 2.75) is 26.7 Å². The first-order valence-electron chi connectivity index (χ1n) is 6.12. The lowest BCUT2D eigenvalue weighted by Gasteiger charge is -2.05. The van der Waals surface area contributed by atoms with Crippen LogP contribution in [0.15, 0.2) is 12.3 Å². The highest BCUT2D eigenvalue weighted by molar-refractivity contribution is 6.00. The molecule has 108 valence electrons. The summed E-state index contributed by atoms with van der Waals surface area (Å²) in [6, 6.07) is -0.616. The zero-order valence-corrected chi connectivity index (χ0v) is 11.2. The molecule has 0 rings (SSSR count). The molecule has 0 aromatic carbocycles. The molecule has 0 aromatic heterocycles. The molecule has 0 radical (unpaired) electrons. The van der Waals surface area contributed by atoms with Gasteiger partial charge < -0.3 is 14.8 Å². The highest BCUT2D eigenvalue weighted by Crippen LogP contribution is 1.91. The summed E-state index contributed by atoms with van der Waals surface area (Å²) in [7, 11) is 0. The number of carbonyl (C=O) groups excluding carboxylic acids is 3. The van der Waals surface area contributed by atoms with Crippen molar-refractivity contribution in [3.63, 3.8) is 0 Å². The molecule has 0 spiro atoms. The van der Waals surface area contributed by atoms with Gasteiger partial charge in [-0.1, -0.05) is 0 Å². The van der Waals surface area contributed by atoms with Crippen LogP contribution in [0.5, 0.6) is 0 Å². The third-order valence-electron chi connectivity index (χ3n) is 1.87. The molecule has 0 aromatic rings. The molecule has 0 bridgehead atoms. The maximum Gasteiger partial charge on any atom is 0.321 e. The molecule has 2 N–H and O–H groups in total. The Kier molecular flexibility index (Phi) is 9.87. The van der Waals surface area contributed by atoms with Gasteiger partial charge in [-0.2, -0.15) is 0 Å². The van der Waals surface area contributed by atoms with Gasteiger partial charge in [0, 0.05) is 19.0 Å². The van der Waals surface area contributed by atoms with Crippen LogP contribution < -0.4 is 10.6 Å². The first-order chi connectivity index (χ1) is 9.10. The monoisotopic (exact) mass is 272 g/mol. The molecule has 0 unspecified atom stereocenters. The number of hydrogen-bond acceptors (Lipinski definition) is 5. The minimum absolute atomic E-state index is 0.228. The predicted octanol–water partition coefficient (Wildman–Crippen LogP) is 0.706. The Labute approximate surface area is 112 Å². The number of carbonyl (C=O) groups is 3. The first-order valence-corrected chi connectivity index (χ1v) is 6.12. The van der Waals surface area contributed by atoms with Crippen LogP contribution in [-0.2, 0) is 19.1 Å². The molecule has 19 heavy (non-hydrogen) atoms. The lowest BCUT2D eigenvalue weighted by atomic mass is 10.3. The van der Waals surface area contributed by atoms with E-state index < -0.39 is 11.9 Å². The average molecular weight is 272 g/mol. The first kappa shape index (κ1) is 16.9. The minimum Gasteiger partial charge on any atom is -0.501 e. The van der Waals surface area contributed by atoms with Crippen LogP contribution in [0, 0.1) is 0 Å². The normalized spacial score (nSPS) is 10.0. The number of esters is 1. The van der Waals surface area contributed by atoms with Crippen molar-refractivity contribution in [2.24, 2.45) is 0 Å². The minimum atomic E-state index is -0.616. The van der Waals surface area contributed by atoms with Crippen LogP contribution in [0.3, 0.4) is 0 Å². The van der Waals surface area contributed by atoms with Gasteiger partial charge in [-0.05, 0) is 20.3 Å². The fourth-order valence-electron chi connectivity index (χ4n) is 1.07. The van der Waals surface area contributed by atoms with Crippen LogP contribution in [-0.4, -0.2) is 37.7 Å². The summed E-state index contributed by atoms with van der Waals surface area (Å²) in [6.07, 6.45) is 3.01. The highest BCUT2D eigenvalue weighted by Gasteiger charge is 2.05. The topological polar surface area (TPSA) is 93.7 Å². The maximum absolute atomic E-state index is 11.2. The molecule has 0 fully saturated rings. The largest absolute Gasteiger partial charge is 0.501 e. The third-order valence-corrected chi connectivity index (χ3v) is 1.87. The van der Waals surface area contributed by atoms with E-state index in [-0.39, 0.29) is 18.9 Å². The zero-order chi connectivity index (χ0) is 14.5. The van der Waals surface area contributed by atoms with Crippen molar-refractivity contribution in [2.75, 3.05) is 19.8 Å². The van der Waals surface area contributed by atoms with Gasteiger partial charge in [0.25, 0.3) is 5.91 Å². The van der Waals surface area contributed by atoms with Crippen molar-refractivity contribution in [1.82, 2.24) is 10.6 Å². The third kappa shape index (κ3) is 10.8. The summed E-state index contributed by atoms with van der Waals surface area (Å²) in [5.41, 5.74) is 0. The Morgan fingerprint density at radius 2 is 1.89 bits per heavy atom. The van der Waals surface area contributed by atoms with Crippen LogP contribution in [0.25, 0.3) is 0 Å². The predicted molar refractivity (Wildman–Crippen MR) is 68.2 cm³/mol.